The van der Waals surface area contributed by atoms with Crippen molar-refractivity contribution in [1.29, 1.82) is 0 Å². The zero-order valence-corrected chi connectivity index (χ0v) is 9.55. The van der Waals surface area contributed by atoms with Gasteiger partial charge in [-0.05, 0) is 25.0 Å². The van der Waals surface area contributed by atoms with Gasteiger partial charge in [-0.1, -0.05) is 0 Å². The van der Waals surface area contributed by atoms with Crippen LogP contribution in [-0.2, 0) is 10.0 Å². The van der Waals surface area contributed by atoms with Crippen LogP contribution in [0.4, 0.5) is 0 Å². The van der Waals surface area contributed by atoms with E-state index in [1.807, 2.05) is 0 Å². The fraction of sp³-hybridized carbons (Fsp3) is 0.500. The van der Waals surface area contributed by atoms with Gasteiger partial charge in [-0.15, -0.1) is 12.4 Å². The lowest BCUT2D eigenvalue weighted by Crippen LogP contribution is -2.50. The maximum absolute atomic E-state index is 11.6. The Balaban J connectivity index is 0.00000112. The quantitative estimate of drug-likeness (QED) is 0.819. The standard InChI is InChI=1S/C8H12N2O3S.ClH/c9-6-4-7(5-6)10-14(11,12)8-2-1-3-13-8;/h1-3,6-7,10H,4-5,9H2;1H. The van der Waals surface area contributed by atoms with Gasteiger partial charge in [-0.25, -0.2) is 13.1 Å². The first kappa shape index (κ1) is 12.5. The number of furan rings is 1. The highest BCUT2D eigenvalue weighted by Gasteiger charge is 2.31. The van der Waals surface area contributed by atoms with Crippen molar-refractivity contribution in [3.63, 3.8) is 0 Å². The van der Waals surface area contributed by atoms with Gasteiger partial charge in [-0.3, -0.25) is 0 Å². The Morgan fingerprint density at radius 1 is 1.47 bits per heavy atom. The summed E-state index contributed by atoms with van der Waals surface area (Å²) in [6.45, 7) is 0. The molecule has 0 amide bonds. The summed E-state index contributed by atoms with van der Waals surface area (Å²) in [4.78, 5) is 0. The molecule has 1 heterocycles. The molecule has 1 saturated carbocycles. The molecular weight excluding hydrogens is 240 g/mol. The highest BCUT2D eigenvalue weighted by Crippen LogP contribution is 2.20. The molecule has 5 nitrogen and oxygen atoms in total. The van der Waals surface area contributed by atoms with Crippen LogP contribution in [0.15, 0.2) is 27.9 Å². The second kappa shape index (κ2) is 4.52. The van der Waals surface area contributed by atoms with Crippen LogP contribution in [-0.4, -0.2) is 20.5 Å². The second-order valence-electron chi connectivity index (χ2n) is 3.48. The minimum atomic E-state index is -3.47. The number of nitrogens with two attached hydrogens (primary N) is 1. The lowest BCUT2D eigenvalue weighted by atomic mass is 9.89. The molecule has 1 aromatic heterocycles. The Bertz CT molecular complexity index is 398. The molecule has 1 fully saturated rings. The summed E-state index contributed by atoms with van der Waals surface area (Å²) in [5.41, 5.74) is 5.55. The average molecular weight is 253 g/mol. The lowest BCUT2D eigenvalue weighted by Gasteiger charge is -2.32. The van der Waals surface area contributed by atoms with E-state index < -0.39 is 10.0 Å². The minimum absolute atomic E-state index is 0. The summed E-state index contributed by atoms with van der Waals surface area (Å²) in [7, 11) is -3.47. The van der Waals surface area contributed by atoms with Crippen molar-refractivity contribution in [2.45, 2.75) is 30.0 Å². The Morgan fingerprint density at radius 3 is 2.60 bits per heavy atom. The van der Waals surface area contributed by atoms with Crippen molar-refractivity contribution < 1.29 is 12.8 Å². The van der Waals surface area contributed by atoms with Crippen molar-refractivity contribution >= 4 is 22.4 Å². The smallest absolute Gasteiger partial charge is 0.274 e. The SMILES string of the molecule is Cl.NC1CC(NS(=O)(=O)c2ccco2)C1. The number of halogens is 1. The van der Waals surface area contributed by atoms with Crippen LogP contribution in [0, 0.1) is 0 Å². The summed E-state index contributed by atoms with van der Waals surface area (Å²) >= 11 is 0. The van der Waals surface area contributed by atoms with Gasteiger partial charge in [0, 0.05) is 12.1 Å². The van der Waals surface area contributed by atoms with Crippen molar-refractivity contribution in [2.24, 2.45) is 5.73 Å². The number of hydrogen-bond acceptors (Lipinski definition) is 4. The predicted octanol–water partition coefficient (Wildman–Crippen LogP) is 0.469. The summed E-state index contributed by atoms with van der Waals surface area (Å²) in [5, 5.41) is -0.0435. The highest BCUT2D eigenvalue weighted by molar-refractivity contribution is 7.89. The number of hydrogen-bond donors (Lipinski definition) is 2. The topological polar surface area (TPSA) is 85.3 Å². The molecule has 1 aromatic rings. The molecule has 3 N–H and O–H groups in total. The van der Waals surface area contributed by atoms with Gasteiger partial charge in [0.2, 0.25) is 5.09 Å². The largest absolute Gasteiger partial charge is 0.452 e. The zero-order valence-electron chi connectivity index (χ0n) is 7.92. The molecule has 0 saturated heterocycles. The summed E-state index contributed by atoms with van der Waals surface area (Å²) in [5.74, 6) is 0. The van der Waals surface area contributed by atoms with Crippen LogP contribution in [0.5, 0.6) is 0 Å². The first-order valence-corrected chi connectivity index (χ1v) is 5.87. The predicted molar refractivity (Wildman–Crippen MR) is 57.3 cm³/mol. The van der Waals surface area contributed by atoms with E-state index in [2.05, 4.69) is 4.72 Å². The Kier molecular flexibility index (Phi) is 3.77. The van der Waals surface area contributed by atoms with E-state index in [0.29, 0.717) is 12.8 Å². The van der Waals surface area contributed by atoms with Crippen molar-refractivity contribution in [2.75, 3.05) is 0 Å². The van der Waals surface area contributed by atoms with Crippen molar-refractivity contribution in [3.8, 4) is 0 Å². The van der Waals surface area contributed by atoms with Gasteiger partial charge in [0.05, 0.1) is 6.26 Å². The third-order valence-corrected chi connectivity index (χ3v) is 3.66. The van der Waals surface area contributed by atoms with Gasteiger partial charge in [-0.2, -0.15) is 0 Å². The number of sulfonamides is 1. The van der Waals surface area contributed by atoms with Crippen molar-refractivity contribution in [3.05, 3.63) is 18.4 Å². The zero-order chi connectivity index (χ0) is 10.2. The van der Waals surface area contributed by atoms with E-state index in [9.17, 15) is 8.42 Å². The molecule has 7 heteroatoms. The molecule has 0 radical (unpaired) electrons. The fourth-order valence-corrected chi connectivity index (χ4v) is 2.64. The molecule has 0 unspecified atom stereocenters. The van der Waals surface area contributed by atoms with Gasteiger partial charge in [0.15, 0.2) is 0 Å². The minimum Gasteiger partial charge on any atom is -0.452 e. The van der Waals surface area contributed by atoms with E-state index in [-0.39, 0.29) is 29.6 Å². The third kappa shape index (κ3) is 2.72. The van der Waals surface area contributed by atoms with Gasteiger partial charge in [0.1, 0.15) is 0 Å². The molecule has 0 spiro atoms. The molecule has 0 aromatic carbocycles. The Labute approximate surface area is 94.5 Å². The molecule has 0 aliphatic heterocycles. The van der Waals surface area contributed by atoms with Crippen LogP contribution in [0.25, 0.3) is 0 Å². The Hall–Kier alpha value is -0.560. The van der Waals surface area contributed by atoms with Crippen LogP contribution in [0.3, 0.4) is 0 Å². The molecule has 1 aliphatic carbocycles. The second-order valence-corrected chi connectivity index (χ2v) is 5.13. The number of rotatable bonds is 3. The molecule has 0 atom stereocenters. The summed E-state index contributed by atoms with van der Waals surface area (Å²) in [6.07, 6.45) is 2.72. The maximum atomic E-state index is 11.6. The number of nitrogens with one attached hydrogen (secondary N) is 1. The average Bonchev–Trinajstić information content (AvgIpc) is 2.52. The van der Waals surface area contributed by atoms with Gasteiger partial charge < -0.3 is 10.2 Å². The van der Waals surface area contributed by atoms with E-state index in [1.165, 1.54) is 12.3 Å². The maximum Gasteiger partial charge on any atom is 0.274 e. The van der Waals surface area contributed by atoms with E-state index in [1.54, 1.807) is 6.07 Å². The first-order valence-electron chi connectivity index (χ1n) is 4.39. The van der Waals surface area contributed by atoms with E-state index >= 15 is 0 Å². The highest BCUT2D eigenvalue weighted by atomic mass is 35.5. The van der Waals surface area contributed by atoms with Crippen LogP contribution in [0.2, 0.25) is 0 Å². The van der Waals surface area contributed by atoms with Crippen LogP contribution >= 0.6 is 12.4 Å². The molecule has 15 heavy (non-hydrogen) atoms. The molecule has 2 rings (SSSR count). The normalized spacial score (nSPS) is 25.4. The van der Waals surface area contributed by atoms with Crippen LogP contribution < -0.4 is 10.5 Å². The molecular formula is C8H13ClN2O3S. The van der Waals surface area contributed by atoms with Gasteiger partial charge in [0.25, 0.3) is 10.0 Å². The molecule has 1 aliphatic rings. The van der Waals surface area contributed by atoms with E-state index in [0.717, 1.165) is 0 Å². The van der Waals surface area contributed by atoms with Gasteiger partial charge >= 0.3 is 0 Å². The summed E-state index contributed by atoms with van der Waals surface area (Å²) < 4.78 is 30.5. The fourth-order valence-electron chi connectivity index (χ4n) is 1.45. The van der Waals surface area contributed by atoms with E-state index in [4.69, 9.17) is 10.2 Å². The van der Waals surface area contributed by atoms with Crippen LogP contribution in [0.1, 0.15) is 12.8 Å². The molecule has 86 valence electrons. The lowest BCUT2D eigenvalue weighted by molar-refractivity contribution is 0.323. The monoisotopic (exact) mass is 252 g/mol. The third-order valence-electron chi connectivity index (χ3n) is 2.26. The summed E-state index contributed by atoms with van der Waals surface area (Å²) in [6, 6.07) is 3.04. The van der Waals surface area contributed by atoms with Crippen molar-refractivity contribution in [1.82, 2.24) is 4.72 Å². The first-order chi connectivity index (χ1) is 6.58. The Morgan fingerprint density at radius 2 is 2.13 bits per heavy atom. The molecule has 0 bridgehead atoms.